The maximum absolute atomic E-state index is 5.48. The molecule has 1 N–H and O–H groups in total. The molecule has 0 saturated heterocycles. The second-order valence-corrected chi connectivity index (χ2v) is 3.98. The summed E-state index contributed by atoms with van der Waals surface area (Å²) >= 11 is 0. The van der Waals surface area contributed by atoms with Gasteiger partial charge in [0.25, 0.3) is 0 Å². The van der Waals surface area contributed by atoms with Gasteiger partial charge in [0.15, 0.2) is 6.29 Å². The van der Waals surface area contributed by atoms with E-state index in [0.29, 0.717) is 19.1 Å². The molecule has 1 rings (SSSR count). The van der Waals surface area contributed by atoms with Crippen LogP contribution >= 0.6 is 0 Å². The van der Waals surface area contributed by atoms with Gasteiger partial charge in [-0.2, -0.15) is 0 Å². The van der Waals surface area contributed by atoms with Gasteiger partial charge in [-0.1, -0.05) is 6.07 Å². The number of methoxy groups -OCH3 is 1. The highest BCUT2D eigenvalue weighted by atomic mass is 16.7. The predicted octanol–water partition coefficient (Wildman–Crippen LogP) is 1.97. The number of hydrogen-bond donors (Lipinski definition) is 1. The number of aromatic nitrogens is 1. The van der Waals surface area contributed by atoms with Crippen LogP contribution in [0.1, 0.15) is 25.8 Å². The van der Waals surface area contributed by atoms with Crippen molar-refractivity contribution in [3.8, 4) is 5.88 Å². The third kappa shape index (κ3) is 6.00. The molecule has 0 atom stereocenters. The highest BCUT2D eigenvalue weighted by Gasteiger charge is 2.07. The summed E-state index contributed by atoms with van der Waals surface area (Å²) < 4.78 is 16.2. The van der Waals surface area contributed by atoms with E-state index in [1.54, 1.807) is 13.3 Å². The number of ether oxygens (including phenoxy) is 3. The predicted molar refractivity (Wildman–Crippen MR) is 74.2 cm³/mol. The van der Waals surface area contributed by atoms with Crippen molar-refractivity contribution in [1.82, 2.24) is 10.3 Å². The summed E-state index contributed by atoms with van der Waals surface area (Å²) in [6, 6.07) is 3.91. The minimum absolute atomic E-state index is 0.127. The number of nitrogens with one attached hydrogen (secondary N) is 1. The van der Waals surface area contributed by atoms with Crippen LogP contribution in [0.5, 0.6) is 5.88 Å². The monoisotopic (exact) mass is 268 g/mol. The fourth-order valence-electron chi connectivity index (χ4n) is 1.77. The standard InChI is InChI=1S/C14H24N2O3/c1-4-18-13(19-5-2)8-10-15-11-12-7-6-9-16-14(12)17-3/h6-7,9,13,15H,4-5,8,10-11H2,1-3H3. The highest BCUT2D eigenvalue weighted by molar-refractivity contribution is 5.24. The number of nitrogens with zero attached hydrogens (tertiary/aromatic N) is 1. The summed E-state index contributed by atoms with van der Waals surface area (Å²) in [4.78, 5) is 4.16. The molecule has 0 spiro atoms. The molecule has 0 fully saturated rings. The second-order valence-electron chi connectivity index (χ2n) is 3.98. The molecule has 108 valence electrons. The van der Waals surface area contributed by atoms with Crippen molar-refractivity contribution in [2.45, 2.75) is 33.1 Å². The smallest absolute Gasteiger partial charge is 0.217 e. The fourth-order valence-corrected chi connectivity index (χ4v) is 1.77. The van der Waals surface area contributed by atoms with E-state index in [4.69, 9.17) is 14.2 Å². The molecule has 0 amide bonds. The van der Waals surface area contributed by atoms with E-state index >= 15 is 0 Å². The van der Waals surface area contributed by atoms with Gasteiger partial charge in [0.1, 0.15) is 0 Å². The van der Waals surface area contributed by atoms with E-state index in [2.05, 4.69) is 10.3 Å². The summed E-state index contributed by atoms with van der Waals surface area (Å²) in [5.41, 5.74) is 1.05. The second kappa shape index (κ2) is 9.72. The summed E-state index contributed by atoms with van der Waals surface area (Å²) in [6.07, 6.45) is 2.42. The summed E-state index contributed by atoms with van der Waals surface area (Å²) in [6.45, 7) is 6.83. The van der Waals surface area contributed by atoms with Crippen molar-refractivity contribution in [2.75, 3.05) is 26.9 Å². The Morgan fingerprint density at radius 1 is 1.26 bits per heavy atom. The molecule has 5 nitrogen and oxygen atoms in total. The fraction of sp³-hybridized carbons (Fsp3) is 0.643. The summed E-state index contributed by atoms with van der Waals surface area (Å²) in [5, 5.41) is 3.34. The van der Waals surface area contributed by atoms with E-state index in [1.165, 1.54) is 0 Å². The number of hydrogen-bond acceptors (Lipinski definition) is 5. The van der Waals surface area contributed by atoms with Crippen LogP contribution in [-0.2, 0) is 16.0 Å². The Morgan fingerprint density at radius 2 is 2.00 bits per heavy atom. The molecule has 0 bridgehead atoms. The quantitative estimate of drug-likeness (QED) is 0.519. The average Bonchev–Trinajstić information content (AvgIpc) is 2.44. The molecule has 0 aliphatic heterocycles. The van der Waals surface area contributed by atoms with E-state index in [1.807, 2.05) is 26.0 Å². The van der Waals surface area contributed by atoms with E-state index in [0.717, 1.165) is 25.1 Å². The van der Waals surface area contributed by atoms with Crippen LogP contribution in [-0.4, -0.2) is 38.1 Å². The van der Waals surface area contributed by atoms with Gasteiger partial charge in [-0.05, 0) is 19.9 Å². The van der Waals surface area contributed by atoms with Gasteiger partial charge in [-0.3, -0.25) is 0 Å². The van der Waals surface area contributed by atoms with Crippen molar-refractivity contribution in [3.63, 3.8) is 0 Å². The van der Waals surface area contributed by atoms with Crippen molar-refractivity contribution in [1.29, 1.82) is 0 Å². The lowest BCUT2D eigenvalue weighted by atomic mass is 10.2. The molecule has 19 heavy (non-hydrogen) atoms. The first-order chi connectivity index (χ1) is 9.31. The molecule has 1 heterocycles. The Hall–Kier alpha value is -1.17. The maximum atomic E-state index is 5.48. The largest absolute Gasteiger partial charge is 0.481 e. The zero-order valence-corrected chi connectivity index (χ0v) is 12.0. The molecule has 5 heteroatoms. The zero-order chi connectivity index (χ0) is 13.9. The maximum Gasteiger partial charge on any atom is 0.217 e. The van der Waals surface area contributed by atoms with Crippen LogP contribution in [0.2, 0.25) is 0 Å². The van der Waals surface area contributed by atoms with Crippen molar-refractivity contribution >= 4 is 0 Å². The molecule has 1 aromatic heterocycles. The summed E-state index contributed by atoms with van der Waals surface area (Å²) in [7, 11) is 1.63. The number of rotatable bonds is 10. The molecule has 0 radical (unpaired) electrons. The first-order valence-corrected chi connectivity index (χ1v) is 6.73. The molecular weight excluding hydrogens is 244 g/mol. The van der Waals surface area contributed by atoms with Crippen LogP contribution in [0.4, 0.5) is 0 Å². The van der Waals surface area contributed by atoms with E-state index in [-0.39, 0.29) is 6.29 Å². The highest BCUT2D eigenvalue weighted by Crippen LogP contribution is 2.12. The Kier molecular flexibility index (Phi) is 8.13. The lowest BCUT2D eigenvalue weighted by Crippen LogP contribution is -2.24. The third-order valence-corrected chi connectivity index (χ3v) is 2.62. The SMILES string of the molecule is CCOC(CCNCc1cccnc1OC)OCC. The van der Waals surface area contributed by atoms with Gasteiger partial charge < -0.3 is 19.5 Å². The van der Waals surface area contributed by atoms with E-state index < -0.39 is 0 Å². The van der Waals surface area contributed by atoms with Crippen LogP contribution in [0.15, 0.2) is 18.3 Å². The first-order valence-electron chi connectivity index (χ1n) is 6.73. The summed E-state index contributed by atoms with van der Waals surface area (Å²) in [5.74, 6) is 0.668. The third-order valence-electron chi connectivity index (χ3n) is 2.62. The lowest BCUT2D eigenvalue weighted by molar-refractivity contribution is -0.138. The molecule has 0 saturated carbocycles. The molecule has 0 aromatic carbocycles. The van der Waals surface area contributed by atoms with Crippen molar-refractivity contribution < 1.29 is 14.2 Å². The first kappa shape index (κ1) is 15.9. The normalized spacial score (nSPS) is 10.9. The number of pyridine rings is 1. The molecule has 0 unspecified atom stereocenters. The Labute approximate surface area is 115 Å². The van der Waals surface area contributed by atoms with Gasteiger partial charge in [0.2, 0.25) is 5.88 Å². The van der Waals surface area contributed by atoms with Gasteiger partial charge >= 0.3 is 0 Å². The minimum atomic E-state index is -0.127. The van der Waals surface area contributed by atoms with Crippen LogP contribution in [0, 0.1) is 0 Å². The van der Waals surface area contributed by atoms with E-state index in [9.17, 15) is 0 Å². The van der Waals surface area contributed by atoms with Gasteiger partial charge in [-0.25, -0.2) is 4.98 Å². The van der Waals surface area contributed by atoms with Gasteiger partial charge in [-0.15, -0.1) is 0 Å². The molecule has 0 aliphatic carbocycles. The Balaban J connectivity index is 2.29. The average molecular weight is 268 g/mol. The topological polar surface area (TPSA) is 52.6 Å². The minimum Gasteiger partial charge on any atom is -0.481 e. The Morgan fingerprint density at radius 3 is 2.63 bits per heavy atom. The van der Waals surface area contributed by atoms with Crippen LogP contribution < -0.4 is 10.1 Å². The van der Waals surface area contributed by atoms with Gasteiger partial charge in [0, 0.05) is 44.5 Å². The van der Waals surface area contributed by atoms with Crippen molar-refractivity contribution in [2.24, 2.45) is 0 Å². The van der Waals surface area contributed by atoms with Crippen LogP contribution in [0.3, 0.4) is 0 Å². The zero-order valence-electron chi connectivity index (χ0n) is 12.0. The van der Waals surface area contributed by atoms with Crippen LogP contribution in [0.25, 0.3) is 0 Å². The van der Waals surface area contributed by atoms with Gasteiger partial charge in [0.05, 0.1) is 7.11 Å². The molecular formula is C14H24N2O3. The molecule has 1 aromatic rings. The Bertz CT molecular complexity index is 341. The lowest BCUT2D eigenvalue weighted by Gasteiger charge is -2.17. The van der Waals surface area contributed by atoms with Crippen molar-refractivity contribution in [3.05, 3.63) is 23.9 Å². The molecule has 0 aliphatic rings.